The van der Waals surface area contributed by atoms with E-state index in [2.05, 4.69) is 0 Å². The van der Waals surface area contributed by atoms with Crippen LogP contribution in [0.1, 0.15) is 64.0 Å². The number of benzene rings is 1. The molecule has 1 aromatic rings. The van der Waals surface area contributed by atoms with Gasteiger partial charge < -0.3 is 14.9 Å². The van der Waals surface area contributed by atoms with Crippen molar-refractivity contribution in [1.82, 2.24) is 4.90 Å². The summed E-state index contributed by atoms with van der Waals surface area (Å²) in [7, 11) is 0. The van der Waals surface area contributed by atoms with Crippen LogP contribution >= 0.6 is 0 Å². The van der Waals surface area contributed by atoms with Crippen molar-refractivity contribution in [2.24, 2.45) is 5.92 Å². The Balaban J connectivity index is 1.86. The van der Waals surface area contributed by atoms with Crippen molar-refractivity contribution in [3.8, 4) is 0 Å². The highest BCUT2D eigenvalue weighted by atomic mass is 16.6. The highest BCUT2D eigenvalue weighted by Gasteiger charge is 2.52. The molecule has 1 aliphatic carbocycles. The van der Waals surface area contributed by atoms with Crippen molar-refractivity contribution in [3.05, 3.63) is 35.9 Å². The van der Waals surface area contributed by atoms with E-state index in [-0.39, 0.29) is 6.04 Å². The molecule has 1 heterocycles. The van der Waals surface area contributed by atoms with E-state index in [0.29, 0.717) is 5.92 Å². The monoisotopic (exact) mass is 347 g/mol. The van der Waals surface area contributed by atoms with Crippen LogP contribution in [-0.4, -0.2) is 39.1 Å². The molecule has 2 N–H and O–H groups in total. The molecular formula is C20H29NO4. The minimum absolute atomic E-state index is 0.328. The molecule has 0 aromatic heterocycles. The van der Waals surface area contributed by atoms with Gasteiger partial charge in [0.15, 0.2) is 0 Å². The molecule has 0 unspecified atom stereocenters. The third-order valence-corrected chi connectivity index (χ3v) is 5.67. The number of aliphatic hydroxyl groups excluding tert-OH is 1. The molecule has 5 nitrogen and oxygen atoms in total. The Morgan fingerprint density at radius 3 is 2.48 bits per heavy atom. The molecule has 1 aromatic carbocycles. The fourth-order valence-corrected chi connectivity index (χ4v) is 4.51. The first-order valence-electron chi connectivity index (χ1n) is 9.33. The predicted octanol–water partition coefficient (Wildman–Crippen LogP) is 4.17. The normalized spacial score (nSPS) is 28.0. The second-order valence-electron chi connectivity index (χ2n) is 7.84. The number of carbonyl (C=O) groups is 1. The molecule has 2 aliphatic rings. The largest absolute Gasteiger partial charge is 0.465 e. The van der Waals surface area contributed by atoms with Gasteiger partial charge in [0.25, 0.3) is 0 Å². The molecule has 2 fully saturated rings. The average Bonchev–Trinajstić information content (AvgIpc) is 2.86. The quantitative estimate of drug-likeness (QED) is 0.857. The highest BCUT2D eigenvalue weighted by Crippen LogP contribution is 2.42. The van der Waals surface area contributed by atoms with Gasteiger partial charge in [-0.3, -0.25) is 4.90 Å². The van der Waals surface area contributed by atoms with Crippen LogP contribution in [0.15, 0.2) is 30.3 Å². The van der Waals surface area contributed by atoms with Crippen molar-refractivity contribution in [3.63, 3.8) is 0 Å². The minimum atomic E-state index is -0.978. The molecule has 5 heteroatoms. The van der Waals surface area contributed by atoms with E-state index >= 15 is 0 Å². The molecule has 1 aliphatic heterocycles. The first kappa shape index (κ1) is 18.2. The summed E-state index contributed by atoms with van der Waals surface area (Å²) in [5.41, 5.74) is -0.171. The first-order valence-corrected chi connectivity index (χ1v) is 9.33. The number of carboxylic acid groups (broad SMARTS) is 1. The van der Waals surface area contributed by atoms with Crippen LogP contribution in [0.25, 0.3) is 0 Å². The van der Waals surface area contributed by atoms with Crippen LogP contribution in [0.2, 0.25) is 0 Å². The van der Waals surface area contributed by atoms with Crippen molar-refractivity contribution in [2.75, 3.05) is 0 Å². The number of aliphatic hydroxyl groups is 1. The van der Waals surface area contributed by atoms with E-state index in [4.69, 9.17) is 4.74 Å². The number of hydrogen-bond acceptors (Lipinski definition) is 3. The fourth-order valence-electron chi connectivity index (χ4n) is 4.51. The molecule has 3 rings (SSSR count). The zero-order chi connectivity index (χ0) is 18.0. The zero-order valence-electron chi connectivity index (χ0n) is 15.1. The van der Waals surface area contributed by atoms with E-state index in [1.807, 2.05) is 30.3 Å². The van der Waals surface area contributed by atoms with Gasteiger partial charge in [0, 0.05) is 0 Å². The van der Waals surface area contributed by atoms with Gasteiger partial charge >= 0.3 is 6.09 Å². The second kappa shape index (κ2) is 7.34. The first-order chi connectivity index (χ1) is 11.9. The van der Waals surface area contributed by atoms with Crippen LogP contribution < -0.4 is 0 Å². The van der Waals surface area contributed by atoms with Gasteiger partial charge in [0.2, 0.25) is 0 Å². The molecule has 1 amide bonds. The zero-order valence-corrected chi connectivity index (χ0v) is 15.1. The summed E-state index contributed by atoms with van der Waals surface area (Å²) in [6, 6.07) is 9.06. The van der Waals surface area contributed by atoms with Gasteiger partial charge in [-0.15, -0.1) is 0 Å². The molecular weight excluding hydrogens is 318 g/mol. The predicted molar refractivity (Wildman–Crippen MR) is 95.2 cm³/mol. The van der Waals surface area contributed by atoms with E-state index in [1.54, 1.807) is 13.8 Å². The third kappa shape index (κ3) is 3.82. The lowest BCUT2D eigenvalue weighted by Crippen LogP contribution is -2.48. The topological polar surface area (TPSA) is 70.0 Å². The van der Waals surface area contributed by atoms with Crippen molar-refractivity contribution >= 4 is 6.09 Å². The lowest BCUT2D eigenvalue weighted by Gasteiger charge is -2.34. The molecule has 1 saturated heterocycles. The maximum absolute atomic E-state index is 11.9. The van der Waals surface area contributed by atoms with Crippen LogP contribution in [0.4, 0.5) is 4.79 Å². The Morgan fingerprint density at radius 1 is 1.24 bits per heavy atom. The second-order valence-corrected chi connectivity index (χ2v) is 7.84. The minimum Gasteiger partial charge on any atom is -0.465 e. The summed E-state index contributed by atoms with van der Waals surface area (Å²) >= 11 is 0. The van der Waals surface area contributed by atoms with Crippen molar-refractivity contribution < 1.29 is 19.7 Å². The van der Waals surface area contributed by atoms with E-state index in [9.17, 15) is 15.0 Å². The van der Waals surface area contributed by atoms with E-state index in [0.717, 1.165) is 24.8 Å². The molecule has 3 atom stereocenters. The molecule has 0 bridgehead atoms. The summed E-state index contributed by atoms with van der Waals surface area (Å²) in [5, 5.41) is 20.7. The van der Waals surface area contributed by atoms with Gasteiger partial charge in [-0.1, -0.05) is 62.4 Å². The van der Waals surface area contributed by atoms with E-state index < -0.39 is 24.0 Å². The van der Waals surface area contributed by atoms with Crippen LogP contribution in [-0.2, 0) is 4.74 Å². The maximum Gasteiger partial charge on any atom is 0.409 e. The Hall–Kier alpha value is -1.59. The highest BCUT2D eigenvalue weighted by molar-refractivity contribution is 5.67. The maximum atomic E-state index is 11.9. The van der Waals surface area contributed by atoms with Crippen LogP contribution in [0.3, 0.4) is 0 Å². The average molecular weight is 347 g/mol. The smallest absolute Gasteiger partial charge is 0.409 e. The Kier molecular flexibility index (Phi) is 5.35. The molecule has 25 heavy (non-hydrogen) atoms. The van der Waals surface area contributed by atoms with Crippen LogP contribution in [0, 0.1) is 5.92 Å². The van der Waals surface area contributed by atoms with Crippen LogP contribution in [0.5, 0.6) is 0 Å². The van der Waals surface area contributed by atoms with Gasteiger partial charge in [-0.05, 0) is 31.7 Å². The number of hydrogen-bond donors (Lipinski definition) is 2. The SMILES string of the molecule is CC1(C)O[C@@H]([C@@H](O)c2ccccc2)[C@H](CC2CCCCC2)N1C(=O)O. The number of nitrogens with zero attached hydrogens (tertiary/aromatic N) is 1. The van der Waals surface area contributed by atoms with Gasteiger partial charge in [0.05, 0.1) is 6.04 Å². The van der Waals surface area contributed by atoms with Gasteiger partial charge in [-0.25, -0.2) is 4.79 Å². The summed E-state index contributed by atoms with van der Waals surface area (Å²) in [6.45, 7) is 3.54. The third-order valence-electron chi connectivity index (χ3n) is 5.67. The molecule has 1 saturated carbocycles. The summed E-state index contributed by atoms with van der Waals surface area (Å²) in [4.78, 5) is 13.4. The van der Waals surface area contributed by atoms with Gasteiger partial charge in [-0.2, -0.15) is 0 Å². The standard InChI is InChI=1S/C20H29NO4/c1-20(2)21(19(23)24)16(13-14-9-5-3-6-10-14)18(25-20)17(22)15-11-7-4-8-12-15/h4,7-8,11-12,14,16-18,22H,3,5-6,9-10,13H2,1-2H3,(H,23,24)/t16-,17-,18+/m0/s1. The molecule has 0 radical (unpaired) electrons. The van der Waals surface area contributed by atoms with E-state index in [1.165, 1.54) is 24.2 Å². The lowest BCUT2D eigenvalue weighted by atomic mass is 9.82. The Morgan fingerprint density at radius 2 is 1.88 bits per heavy atom. The number of rotatable bonds is 4. The van der Waals surface area contributed by atoms with Crippen molar-refractivity contribution in [1.29, 1.82) is 0 Å². The number of ether oxygens (including phenoxy) is 1. The Labute approximate surface area is 149 Å². The van der Waals surface area contributed by atoms with Gasteiger partial charge in [0.1, 0.15) is 17.9 Å². The van der Waals surface area contributed by atoms with Crippen molar-refractivity contribution in [2.45, 2.75) is 76.3 Å². The fraction of sp³-hybridized carbons (Fsp3) is 0.650. The Bertz CT molecular complexity index is 583. The molecule has 0 spiro atoms. The number of amides is 1. The summed E-state index contributed by atoms with van der Waals surface area (Å²) in [6.07, 6.45) is 4.35. The summed E-state index contributed by atoms with van der Waals surface area (Å²) < 4.78 is 6.09. The summed E-state index contributed by atoms with van der Waals surface area (Å²) in [5.74, 6) is 0.503. The molecule has 138 valence electrons. The lowest BCUT2D eigenvalue weighted by molar-refractivity contribution is -0.0986.